The minimum Gasteiger partial charge on any atom is -0.497 e. The third-order valence-electron chi connectivity index (χ3n) is 3.20. The molecule has 0 fully saturated rings. The Labute approximate surface area is 118 Å². The minimum atomic E-state index is 0.862. The van der Waals surface area contributed by atoms with E-state index in [-0.39, 0.29) is 0 Å². The molecule has 0 amide bonds. The standard InChI is InChI=1S/C17H27O2/c1-3-4-5-6-7-14-19-15-8-9-16-10-12-17(18-2)13-11-16/h10-13H,1,3-9,14-15H2,2H3. The predicted molar refractivity (Wildman–Crippen MR) is 80.6 cm³/mol. The molecule has 0 saturated heterocycles. The Kier molecular flexibility index (Phi) is 9.17. The summed E-state index contributed by atoms with van der Waals surface area (Å²) in [5.74, 6) is 0.919. The Morgan fingerprint density at radius 2 is 1.58 bits per heavy atom. The first-order valence-corrected chi connectivity index (χ1v) is 7.36. The van der Waals surface area contributed by atoms with Gasteiger partial charge in [-0.2, -0.15) is 0 Å². The molecule has 1 aromatic carbocycles. The van der Waals surface area contributed by atoms with E-state index in [9.17, 15) is 0 Å². The lowest BCUT2D eigenvalue weighted by atomic mass is 10.1. The van der Waals surface area contributed by atoms with Crippen molar-refractivity contribution in [3.05, 3.63) is 36.8 Å². The zero-order chi connectivity index (χ0) is 13.8. The van der Waals surface area contributed by atoms with E-state index >= 15 is 0 Å². The third-order valence-corrected chi connectivity index (χ3v) is 3.20. The average molecular weight is 263 g/mol. The number of benzene rings is 1. The van der Waals surface area contributed by atoms with Gasteiger partial charge in [-0.1, -0.05) is 44.7 Å². The van der Waals surface area contributed by atoms with Crippen molar-refractivity contribution >= 4 is 0 Å². The largest absolute Gasteiger partial charge is 0.497 e. The second kappa shape index (κ2) is 10.9. The molecule has 0 atom stereocenters. The van der Waals surface area contributed by atoms with Crippen LogP contribution in [0.4, 0.5) is 0 Å². The van der Waals surface area contributed by atoms with Crippen LogP contribution in [0.3, 0.4) is 0 Å². The predicted octanol–water partition coefficient (Wildman–Crippen LogP) is 4.43. The molecule has 1 rings (SSSR count). The van der Waals surface area contributed by atoms with Crippen LogP contribution >= 0.6 is 0 Å². The second-order valence-corrected chi connectivity index (χ2v) is 4.83. The molecule has 0 bridgehead atoms. The molecule has 0 unspecified atom stereocenters. The second-order valence-electron chi connectivity index (χ2n) is 4.83. The Bertz CT molecular complexity index is 306. The minimum absolute atomic E-state index is 0.862. The summed E-state index contributed by atoms with van der Waals surface area (Å²) in [4.78, 5) is 0. The average Bonchev–Trinajstić information content (AvgIpc) is 2.46. The Balaban J connectivity index is 1.95. The normalized spacial score (nSPS) is 10.6. The van der Waals surface area contributed by atoms with E-state index in [0.29, 0.717) is 0 Å². The maximum Gasteiger partial charge on any atom is 0.118 e. The number of hydrogen-bond acceptors (Lipinski definition) is 2. The van der Waals surface area contributed by atoms with Gasteiger partial charge in [0.05, 0.1) is 7.11 Å². The first kappa shape index (κ1) is 16.0. The van der Waals surface area contributed by atoms with Crippen molar-refractivity contribution < 1.29 is 9.47 Å². The van der Waals surface area contributed by atoms with Crippen molar-refractivity contribution in [2.24, 2.45) is 0 Å². The van der Waals surface area contributed by atoms with E-state index in [0.717, 1.165) is 38.2 Å². The van der Waals surface area contributed by atoms with Crippen LogP contribution in [0, 0.1) is 6.92 Å². The zero-order valence-electron chi connectivity index (χ0n) is 12.2. The molecule has 0 heterocycles. The Morgan fingerprint density at radius 3 is 2.26 bits per heavy atom. The Morgan fingerprint density at radius 1 is 0.895 bits per heavy atom. The fourth-order valence-electron chi connectivity index (χ4n) is 2.01. The number of hydrogen-bond donors (Lipinski definition) is 0. The molecule has 1 aromatic rings. The van der Waals surface area contributed by atoms with Crippen LogP contribution in [0.25, 0.3) is 0 Å². The molecule has 0 aliphatic heterocycles. The summed E-state index contributed by atoms with van der Waals surface area (Å²) >= 11 is 0. The monoisotopic (exact) mass is 263 g/mol. The highest BCUT2D eigenvalue weighted by molar-refractivity contribution is 5.27. The lowest BCUT2D eigenvalue weighted by Gasteiger charge is -2.05. The van der Waals surface area contributed by atoms with Gasteiger partial charge < -0.3 is 9.47 Å². The van der Waals surface area contributed by atoms with Gasteiger partial charge in [0.1, 0.15) is 5.75 Å². The fourth-order valence-corrected chi connectivity index (χ4v) is 2.01. The molecule has 0 aromatic heterocycles. The zero-order valence-corrected chi connectivity index (χ0v) is 12.2. The highest BCUT2D eigenvalue weighted by Gasteiger charge is 1.95. The van der Waals surface area contributed by atoms with Crippen molar-refractivity contribution in [3.8, 4) is 5.75 Å². The quantitative estimate of drug-likeness (QED) is 0.550. The molecule has 0 saturated carbocycles. The molecular weight excluding hydrogens is 236 g/mol. The molecule has 2 heteroatoms. The first-order chi connectivity index (χ1) is 9.36. The number of rotatable bonds is 11. The van der Waals surface area contributed by atoms with E-state index in [1.54, 1.807) is 7.11 Å². The van der Waals surface area contributed by atoms with Crippen LogP contribution in [0.5, 0.6) is 5.75 Å². The van der Waals surface area contributed by atoms with E-state index < -0.39 is 0 Å². The van der Waals surface area contributed by atoms with E-state index in [1.807, 2.05) is 12.1 Å². The van der Waals surface area contributed by atoms with Gasteiger partial charge in [-0.3, -0.25) is 0 Å². The number of ether oxygens (including phenoxy) is 2. The van der Waals surface area contributed by atoms with Crippen molar-refractivity contribution in [1.82, 2.24) is 0 Å². The molecule has 0 spiro atoms. The highest BCUT2D eigenvalue weighted by atomic mass is 16.5. The third kappa shape index (κ3) is 7.89. The smallest absolute Gasteiger partial charge is 0.118 e. The summed E-state index contributed by atoms with van der Waals surface area (Å²) in [6.45, 7) is 5.61. The van der Waals surface area contributed by atoms with Crippen molar-refractivity contribution in [1.29, 1.82) is 0 Å². The van der Waals surface area contributed by atoms with Crippen molar-refractivity contribution in [3.63, 3.8) is 0 Å². The summed E-state index contributed by atoms with van der Waals surface area (Å²) in [7, 11) is 1.69. The van der Waals surface area contributed by atoms with Crippen LogP contribution in [0.2, 0.25) is 0 Å². The molecular formula is C17H27O2. The van der Waals surface area contributed by atoms with Gasteiger partial charge in [0, 0.05) is 13.2 Å². The molecule has 0 aliphatic carbocycles. The first-order valence-electron chi connectivity index (χ1n) is 7.36. The summed E-state index contributed by atoms with van der Waals surface area (Å²) in [5.41, 5.74) is 1.35. The van der Waals surface area contributed by atoms with E-state index in [4.69, 9.17) is 9.47 Å². The molecule has 0 aliphatic rings. The number of aryl methyl sites for hydroxylation is 1. The maximum atomic E-state index is 5.64. The SMILES string of the molecule is [CH2]CCCCCCOCCCc1ccc(OC)cc1. The Hall–Kier alpha value is -1.02. The summed E-state index contributed by atoms with van der Waals surface area (Å²) in [6, 6.07) is 8.27. The van der Waals surface area contributed by atoms with Gasteiger partial charge in [-0.15, -0.1) is 0 Å². The number of methoxy groups -OCH3 is 1. The van der Waals surface area contributed by atoms with Gasteiger partial charge in [0.15, 0.2) is 0 Å². The molecule has 0 N–H and O–H groups in total. The fraction of sp³-hybridized carbons (Fsp3) is 0.588. The molecule has 1 radical (unpaired) electrons. The van der Waals surface area contributed by atoms with Gasteiger partial charge in [-0.25, -0.2) is 0 Å². The van der Waals surface area contributed by atoms with Gasteiger partial charge in [-0.05, 0) is 37.0 Å². The van der Waals surface area contributed by atoms with E-state index in [1.165, 1.54) is 31.2 Å². The van der Waals surface area contributed by atoms with Crippen molar-refractivity contribution in [2.75, 3.05) is 20.3 Å². The van der Waals surface area contributed by atoms with Crippen molar-refractivity contribution in [2.45, 2.75) is 44.9 Å². The topological polar surface area (TPSA) is 18.5 Å². The summed E-state index contributed by atoms with van der Waals surface area (Å²) in [5, 5.41) is 0. The molecule has 107 valence electrons. The van der Waals surface area contributed by atoms with Gasteiger partial charge in [0.25, 0.3) is 0 Å². The number of unbranched alkanes of at least 4 members (excludes halogenated alkanes) is 4. The van der Waals surface area contributed by atoms with E-state index in [2.05, 4.69) is 19.1 Å². The lowest BCUT2D eigenvalue weighted by molar-refractivity contribution is 0.127. The summed E-state index contributed by atoms with van der Waals surface area (Å²) in [6.07, 6.45) is 8.21. The van der Waals surface area contributed by atoms with Crippen LogP contribution in [-0.2, 0) is 11.2 Å². The highest BCUT2D eigenvalue weighted by Crippen LogP contribution is 2.12. The van der Waals surface area contributed by atoms with Gasteiger partial charge >= 0.3 is 0 Å². The van der Waals surface area contributed by atoms with Crippen LogP contribution in [0.15, 0.2) is 24.3 Å². The van der Waals surface area contributed by atoms with Crippen LogP contribution in [-0.4, -0.2) is 20.3 Å². The molecule has 19 heavy (non-hydrogen) atoms. The summed E-state index contributed by atoms with van der Waals surface area (Å²) < 4.78 is 10.8. The maximum absolute atomic E-state index is 5.64. The van der Waals surface area contributed by atoms with Crippen LogP contribution < -0.4 is 4.74 Å². The lowest BCUT2D eigenvalue weighted by Crippen LogP contribution is -1.99. The molecule has 2 nitrogen and oxygen atoms in total. The van der Waals surface area contributed by atoms with Gasteiger partial charge in [0.2, 0.25) is 0 Å². The van der Waals surface area contributed by atoms with Crippen LogP contribution in [0.1, 0.15) is 44.1 Å².